The fourth-order valence-corrected chi connectivity index (χ4v) is 16.0. The van der Waals surface area contributed by atoms with Crippen LogP contribution in [0.3, 0.4) is 0 Å². The van der Waals surface area contributed by atoms with Gasteiger partial charge in [-0.3, -0.25) is 0 Å². The van der Waals surface area contributed by atoms with Crippen LogP contribution in [0.5, 0.6) is 0 Å². The van der Waals surface area contributed by atoms with Crippen LogP contribution in [-0.2, 0) is 4.57 Å². The maximum Gasteiger partial charge on any atom is 0.128 e. The molecule has 7 rings (SSSR count). The van der Waals surface area contributed by atoms with E-state index in [0.717, 1.165) is 11.8 Å². The summed E-state index contributed by atoms with van der Waals surface area (Å²) in [6, 6.07) is 10.9. The zero-order valence-electron chi connectivity index (χ0n) is 18.8. The third-order valence-corrected chi connectivity index (χ3v) is 16.8. The van der Waals surface area contributed by atoms with E-state index in [1.54, 1.807) is 0 Å². The standard InChI is InChI=1S/C26H39OP/c1-18-12-14-20-16-25(18,23(20,3)4)28(27,22-10-8-7-9-11-22)26-17-21(24(26,5)6)15-13-19(26)2/h7-11,18-21H,12-17H2,1-6H3. The maximum absolute atomic E-state index is 16.1. The quantitative estimate of drug-likeness (QED) is 0.496. The highest BCUT2D eigenvalue weighted by Gasteiger charge is 2.82. The van der Waals surface area contributed by atoms with Crippen molar-refractivity contribution in [3.63, 3.8) is 0 Å². The predicted octanol–water partition coefficient (Wildman–Crippen LogP) is 7.10. The monoisotopic (exact) mass is 398 g/mol. The zero-order valence-corrected chi connectivity index (χ0v) is 19.7. The van der Waals surface area contributed by atoms with Gasteiger partial charge < -0.3 is 4.57 Å². The molecule has 0 N–H and O–H groups in total. The number of benzene rings is 1. The molecule has 4 bridgehead atoms. The molecule has 0 spiro atoms. The first kappa shape index (κ1) is 19.4. The van der Waals surface area contributed by atoms with Gasteiger partial charge in [0.2, 0.25) is 0 Å². The Morgan fingerprint density at radius 1 is 0.750 bits per heavy atom. The Morgan fingerprint density at radius 3 is 1.54 bits per heavy atom. The molecule has 6 saturated carbocycles. The van der Waals surface area contributed by atoms with E-state index in [4.69, 9.17) is 0 Å². The predicted molar refractivity (Wildman–Crippen MR) is 120 cm³/mol. The lowest BCUT2D eigenvalue weighted by atomic mass is 9.44. The molecule has 6 unspecified atom stereocenters. The van der Waals surface area contributed by atoms with Crippen molar-refractivity contribution in [1.29, 1.82) is 0 Å². The Balaban J connectivity index is 1.81. The smallest absolute Gasteiger partial charge is 0.128 e. The van der Waals surface area contributed by atoms with Crippen LogP contribution < -0.4 is 5.30 Å². The van der Waals surface area contributed by atoms with Gasteiger partial charge in [0.25, 0.3) is 0 Å². The van der Waals surface area contributed by atoms with Crippen LogP contribution in [0.2, 0.25) is 0 Å². The van der Waals surface area contributed by atoms with E-state index >= 15 is 4.57 Å². The topological polar surface area (TPSA) is 17.1 Å². The first-order valence-corrected chi connectivity index (χ1v) is 13.4. The second-order valence-corrected chi connectivity index (χ2v) is 15.3. The van der Waals surface area contributed by atoms with E-state index in [9.17, 15) is 0 Å². The number of hydrogen-bond donors (Lipinski definition) is 0. The van der Waals surface area contributed by atoms with E-state index in [0.29, 0.717) is 11.8 Å². The molecule has 154 valence electrons. The molecule has 0 saturated heterocycles. The lowest BCUT2D eigenvalue weighted by Gasteiger charge is -2.79. The molecule has 6 atom stereocenters. The molecule has 1 nitrogen and oxygen atoms in total. The Hall–Kier alpha value is -0.550. The highest BCUT2D eigenvalue weighted by Crippen LogP contribution is 2.91. The van der Waals surface area contributed by atoms with Crippen LogP contribution in [-0.4, -0.2) is 10.3 Å². The molecule has 0 radical (unpaired) electrons. The van der Waals surface area contributed by atoms with E-state index in [1.807, 2.05) is 0 Å². The van der Waals surface area contributed by atoms with Crippen LogP contribution in [0.25, 0.3) is 0 Å². The summed E-state index contributed by atoms with van der Waals surface area (Å²) < 4.78 is 16.1. The van der Waals surface area contributed by atoms with Gasteiger partial charge >= 0.3 is 0 Å². The lowest BCUT2D eigenvalue weighted by molar-refractivity contribution is -0.104. The highest BCUT2D eigenvalue weighted by molar-refractivity contribution is 7.74. The number of rotatable bonds is 3. The third-order valence-electron chi connectivity index (χ3n) is 11.2. The normalized spacial score (nSPS) is 47.4. The van der Waals surface area contributed by atoms with Gasteiger partial charge in [-0.1, -0.05) is 71.9 Å². The van der Waals surface area contributed by atoms with Crippen LogP contribution in [0.1, 0.15) is 80.1 Å². The van der Waals surface area contributed by atoms with Crippen molar-refractivity contribution in [3.05, 3.63) is 30.3 Å². The molecule has 6 aliphatic rings. The minimum Gasteiger partial charge on any atom is -0.317 e. The van der Waals surface area contributed by atoms with Crippen molar-refractivity contribution in [2.45, 2.75) is 90.4 Å². The maximum atomic E-state index is 16.1. The van der Waals surface area contributed by atoms with Crippen LogP contribution in [0, 0.1) is 34.5 Å². The van der Waals surface area contributed by atoms with Crippen LogP contribution >= 0.6 is 7.14 Å². The van der Waals surface area contributed by atoms with Gasteiger partial charge in [-0.2, -0.15) is 0 Å². The van der Waals surface area contributed by atoms with E-state index in [1.165, 1.54) is 43.8 Å². The molecule has 0 aliphatic heterocycles. The molecule has 2 heteroatoms. The summed E-state index contributed by atoms with van der Waals surface area (Å²) in [5, 5.41) is 1.17. The second kappa shape index (κ2) is 5.57. The molecule has 0 aromatic heterocycles. The molecule has 1 aromatic carbocycles. The Labute approximate surface area is 172 Å². The van der Waals surface area contributed by atoms with Crippen LogP contribution in [0.15, 0.2) is 30.3 Å². The Kier molecular flexibility index (Phi) is 3.86. The zero-order chi connectivity index (χ0) is 20.2. The van der Waals surface area contributed by atoms with Gasteiger partial charge in [-0.05, 0) is 73.0 Å². The summed E-state index contributed by atoms with van der Waals surface area (Å²) in [7, 11) is -2.67. The van der Waals surface area contributed by atoms with Gasteiger partial charge in [0.15, 0.2) is 0 Å². The average Bonchev–Trinajstić information content (AvgIpc) is 2.67. The van der Waals surface area contributed by atoms with Crippen molar-refractivity contribution in [2.75, 3.05) is 0 Å². The molecule has 0 amide bonds. The molecular weight excluding hydrogens is 359 g/mol. The molecule has 1 aromatic rings. The largest absolute Gasteiger partial charge is 0.317 e. The van der Waals surface area contributed by atoms with Crippen molar-refractivity contribution < 1.29 is 4.57 Å². The molecule has 6 fully saturated rings. The van der Waals surface area contributed by atoms with Gasteiger partial charge in [0.05, 0.1) is 0 Å². The summed E-state index contributed by atoms with van der Waals surface area (Å²) in [6.07, 6.45) is 7.59. The van der Waals surface area contributed by atoms with E-state index < -0.39 is 7.14 Å². The highest BCUT2D eigenvalue weighted by atomic mass is 31.2. The van der Waals surface area contributed by atoms with Crippen molar-refractivity contribution in [2.24, 2.45) is 34.5 Å². The van der Waals surface area contributed by atoms with E-state index in [-0.39, 0.29) is 21.1 Å². The van der Waals surface area contributed by atoms with Gasteiger partial charge in [-0.25, -0.2) is 0 Å². The summed E-state index contributed by atoms with van der Waals surface area (Å²) in [5.41, 5.74) is 0.367. The second-order valence-electron chi connectivity index (χ2n) is 12.0. The van der Waals surface area contributed by atoms with Crippen molar-refractivity contribution in [1.82, 2.24) is 0 Å². The number of hydrogen-bond acceptors (Lipinski definition) is 1. The SMILES string of the molecule is CC1CCC2CC1(P(=O)(c1ccccc1)C13CC(CCC1C)C3(C)C)C2(C)C. The summed E-state index contributed by atoms with van der Waals surface area (Å²) in [6.45, 7) is 14.8. The van der Waals surface area contributed by atoms with Gasteiger partial charge in [0.1, 0.15) is 7.14 Å². The first-order chi connectivity index (χ1) is 13.1. The summed E-state index contributed by atoms with van der Waals surface area (Å²) >= 11 is 0. The average molecular weight is 399 g/mol. The fourth-order valence-electron chi connectivity index (χ4n) is 9.35. The minimum absolute atomic E-state index is 0.0158. The van der Waals surface area contributed by atoms with Crippen molar-refractivity contribution in [3.8, 4) is 0 Å². The van der Waals surface area contributed by atoms with Crippen LogP contribution in [0.4, 0.5) is 0 Å². The molecule has 6 aliphatic carbocycles. The van der Waals surface area contributed by atoms with Gasteiger partial charge in [0, 0.05) is 15.6 Å². The fraction of sp³-hybridized carbons (Fsp3) is 0.769. The molecule has 0 heterocycles. The lowest BCUT2D eigenvalue weighted by Crippen LogP contribution is -2.75. The summed E-state index contributed by atoms with van der Waals surface area (Å²) in [4.78, 5) is 0. The molecule has 28 heavy (non-hydrogen) atoms. The number of fused-ring (bicyclic) bond motifs is 4. The Bertz CT molecular complexity index is 791. The van der Waals surface area contributed by atoms with Crippen molar-refractivity contribution >= 4 is 12.4 Å². The van der Waals surface area contributed by atoms with E-state index in [2.05, 4.69) is 71.9 Å². The summed E-state index contributed by atoms with van der Waals surface area (Å²) in [5.74, 6) is 2.62. The molecular formula is C26H39OP. The Morgan fingerprint density at radius 2 is 1.18 bits per heavy atom. The first-order valence-electron chi connectivity index (χ1n) is 11.7. The minimum atomic E-state index is -2.67. The third kappa shape index (κ3) is 1.74. The van der Waals surface area contributed by atoms with Gasteiger partial charge in [-0.15, -0.1) is 0 Å².